The number of piperidine rings is 1. The second-order valence-electron chi connectivity index (χ2n) is 4.07. The van der Waals surface area contributed by atoms with Crippen LogP contribution in [0.5, 0.6) is 0 Å². The van der Waals surface area contributed by atoms with Gasteiger partial charge in [0.1, 0.15) is 0 Å². The lowest BCUT2D eigenvalue weighted by atomic mass is 9.77. The maximum atomic E-state index is 6.04. The van der Waals surface area contributed by atoms with Crippen molar-refractivity contribution in [2.24, 2.45) is 5.92 Å². The number of alkyl halides is 1. The molecule has 1 nitrogen and oxygen atoms in total. The van der Waals surface area contributed by atoms with Gasteiger partial charge in [0.05, 0.1) is 5.50 Å². The van der Waals surface area contributed by atoms with Crippen LogP contribution in [0.4, 0.5) is 0 Å². The summed E-state index contributed by atoms with van der Waals surface area (Å²) in [6, 6.07) is 0.673. The molecule has 0 spiro atoms. The van der Waals surface area contributed by atoms with Crippen molar-refractivity contribution in [3.05, 3.63) is 12.2 Å². The van der Waals surface area contributed by atoms with Gasteiger partial charge in [0.2, 0.25) is 0 Å². The van der Waals surface area contributed by atoms with Crippen LogP contribution >= 0.6 is 11.6 Å². The predicted molar refractivity (Wildman–Crippen MR) is 52.3 cm³/mol. The number of halogens is 1. The zero-order chi connectivity index (χ0) is 8.55. The Morgan fingerprint density at radius 1 is 1.33 bits per heavy atom. The van der Waals surface area contributed by atoms with E-state index in [1.54, 1.807) is 0 Å². The fourth-order valence-corrected chi connectivity index (χ4v) is 2.70. The molecule has 3 atom stereocenters. The molecule has 0 aromatic rings. The Morgan fingerprint density at radius 3 is 3.00 bits per heavy atom. The molecule has 2 heteroatoms. The number of rotatable bonds is 0. The van der Waals surface area contributed by atoms with Gasteiger partial charge in [-0.2, -0.15) is 0 Å². The smallest absolute Gasteiger partial charge is 0.0827 e. The van der Waals surface area contributed by atoms with Crippen LogP contribution in [0.15, 0.2) is 12.2 Å². The van der Waals surface area contributed by atoms with Crippen LogP contribution in [0, 0.1) is 5.92 Å². The van der Waals surface area contributed by atoms with E-state index in [9.17, 15) is 0 Å². The van der Waals surface area contributed by atoms with Crippen molar-refractivity contribution in [2.75, 3.05) is 0 Å². The van der Waals surface area contributed by atoms with E-state index in [2.05, 4.69) is 11.9 Å². The summed E-state index contributed by atoms with van der Waals surface area (Å²) in [5.74, 6) is 0.821. The molecule has 1 N–H and O–H groups in total. The standard InChI is InChI=1S/C10H16ClN/c1-7-2-4-9-8(6-7)3-5-10(11)12-9/h8-10,12H,1-6H2. The summed E-state index contributed by atoms with van der Waals surface area (Å²) in [5.41, 5.74) is 1.66. The number of fused-ring (bicyclic) bond motifs is 1. The molecule has 1 aliphatic carbocycles. The van der Waals surface area contributed by atoms with Gasteiger partial charge in [0.25, 0.3) is 0 Å². The van der Waals surface area contributed by atoms with Gasteiger partial charge in [-0.3, -0.25) is 5.32 Å². The van der Waals surface area contributed by atoms with E-state index in [1.807, 2.05) is 0 Å². The summed E-state index contributed by atoms with van der Waals surface area (Å²) in [5, 5.41) is 3.46. The monoisotopic (exact) mass is 185 g/mol. The molecule has 1 heterocycles. The van der Waals surface area contributed by atoms with Crippen molar-refractivity contribution in [1.82, 2.24) is 5.32 Å². The topological polar surface area (TPSA) is 12.0 Å². The van der Waals surface area contributed by atoms with Crippen molar-refractivity contribution in [3.8, 4) is 0 Å². The normalized spacial score (nSPS) is 42.4. The summed E-state index contributed by atoms with van der Waals surface area (Å²) in [7, 11) is 0. The van der Waals surface area contributed by atoms with Crippen molar-refractivity contribution in [2.45, 2.75) is 43.6 Å². The van der Waals surface area contributed by atoms with Crippen LogP contribution in [-0.4, -0.2) is 11.5 Å². The molecule has 2 fully saturated rings. The van der Waals surface area contributed by atoms with E-state index in [4.69, 9.17) is 11.6 Å². The first-order valence-electron chi connectivity index (χ1n) is 4.82. The third-order valence-electron chi connectivity index (χ3n) is 3.11. The Bertz CT molecular complexity index is 190. The maximum Gasteiger partial charge on any atom is 0.0827 e. The Morgan fingerprint density at radius 2 is 2.17 bits per heavy atom. The first-order valence-corrected chi connectivity index (χ1v) is 5.26. The first kappa shape index (κ1) is 8.58. The number of hydrogen-bond acceptors (Lipinski definition) is 1. The van der Waals surface area contributed by atoms with E-state index in [-0.39, 0.29) is 5.50 Å². The number of allylic oxidation sites excluding steroid dienone is 1. The van der Waals surface area contributed by atoms with Crippen molar-refractivity contribution >= 4 is 11.6 Å². The van der Waals surface area contributed by atoms with Crippen LogP contribution in [0.1, 0.15) is 32.1 Å². The van der Waals surface area contributed by atoms with Crippen LogP contribution in [-0.2, 0) is 0 Å². The summed E-state index contributed by atoms with van der Waals surface area (Å²) in [6.45, 7) is 4.06. The lowest BCUT2D eigenvalue weighted by Crippen LogP contribution is -2.46. The predicted octanol–water partition coefficient (Wildman–Crippen LogP) is 2.66. The highest BCUT2D eigenvalue weighted by molar-refractivity contribution is 6.20. The zero-order valence-electron chi connectivity index (χ0n) is 7.35. The Kier molecular flexibility index (Phi) is 2.42. The molecule has 1 aliphatic heterocycles. The van der Waals surface area contributed by atoms with E-state index >= 15 is 0 Å². The molecule has 1 saturated carbocycles. The lowest BCUT2D eigenvalue weighted by molar-refractivity contribution is 0.229. The van der Waals surface area contributed by atoms with E-state index in [0.717, 1.165) is 12.3 Å². The minimum Gasteiger partial charge on any atom is -0.298 e. The van der Waals surface area contributed by atoms with Gasteiger partial charge in [0.15, 0.2) is 0 Å². The van der Waals surface area contributed by atoms with Crippen LogP contribution in [0.3, 0.4) is 0 Å². The van der Waals surface area contributed by atoms with Gasteiger partial charge in [-0.1, -0.05) is 12.2 Å². The molecule has 2 rings (SSSR count). The van der Waals surface area contributed by atoms with Crippen LogP contribution in [0.25, 0.3) is 0 Å². The van der Waals surface area contributed by atoms with Gasteiger partial charge < -0.3 is 0 Å². The molecule has 0 radical (unpaired) electrons. The highest BCUT2D eigenvalue weighted by atomic mass is 35.5. The van der Waals surface area contributed by atoms with Gasteiger partial charge >= 0.3 is 0 Å². The van der Waals surface area contributed by atoms with Gasteiger partial charge in [0, 0.05) is 6.04 Å². The van der Waals surface area contributed by atoms with Gasteiger partial charge in [-0.05, 0) is 38.0 Å². The highest BCUT2D eigenvalue weighted by Crippen LogP contribution is 2.34. The second kappa shape index (κ2) is 3.39. The minimum absolute atomic E-state index is 0.220. The van der Waals surface area contributed by atoms with Crippen LogP contribution in [0.2, 0.25) is 0 Å². The molecule has 1 saturated heterocycles. The molecule has 68 valence electrons. The molecule has 0 aromatic heterocycles. The summed E-state index contributed by atoms with van der Waals surface area (Å²) in [4.78, 5) is 0. The van der Waals surface area contributed by atoms with Crippen LogP contribution < -0.4 is 5.32 Å². The minimum atomic E-state index is 0.220. The first-order chi connectivity index (χ1) is 5.75. The molecule has 0 bridgehead atoms. The van der Waals surface area contributed by atoms with Crippen molar-refractivity contribution in [3.63, 3.8) is 0 Å². The van der Waals surface area contributed by atoms with E-state index < -0.39 is 0 Å². The molecule has 0 amide bonds. The third-order valence-corrected chi connectivity index (χ3v) is 3.46. The van der Waals surface area contributed by atoms with Crippen molar-refractivity contribution in [1.29, 1.82) is 0 Å². The Balaban J connectivity index is 1.98. The van der Waals surface area contributed by atoms with E-state index in [0.29, 0.717) is 6.04 Å². The lowest BCUT2D eigenvalue weighted by Gasteiger charge is -2.39. The summed E-state index contributed by atoms with van der Waals surface area (Å²) >= 11 is 6.04. The average Bonchev–Trinajstić information content (AvgIpc) is 2.05. The Hall–Kier alpha value is -0.0100. The average molecular weight is 186 g/mol. The molecule has 12 heavy (non-hydrogen) atoms. The Labute approximate surface area is 79.2 Å². The second-order valence-corrected chi connectivity index (χ2v) is 4.60. The summed E-state index contributed by atoms with van der Waals surface area (Å²) < 4.78 is 0. The fourth-order valence-electron chi connectivity index (χ4n) is 2.41. The molecule has 2 aliphatic rings. The molecular formula is C10H16ClN. The van der Waals surface area contributed by atoms with E-state index in [1.165, 1.54) is 31.3 Å². The zero-order valence-corrected chi connectivity index (χ0v) is 8.11. The quantitative estimate of drug-likeness (QED) is 0.348. The van der Waals surface area contributed by atoms with Crippen molar-refractivity contribution < 1.29 is 0 Å². The van der Waals surface area contributed by atoms with Gasteiger partial charge in [-0.25, -0.2) is 0 Å². The largest absolute Gasteiger partial charge is 0.298 e. The molecule has 0 aromatic carbocycles. The SMILES string of the molecule is C=C1CCC2NC(Cl)CCC2C1. The summed E-state index contributed by atoms with van der Waals surface area (Å²) in [6.07, 6.45) is 6.06. The fraction of sp³-hybridized carbons (Fsp3) is 0.800. The highest BCUT2D eigenvalue weighted by Gasteiger charge is 2.31. The molecule has 3 unspecified atom stereocenters. The number of nitrogens with one attached hydrogen (secondary N) is 1. The van der Waals surface area contributed by atoms with Gasteiger partial charge in [-0.15, -0.1) is 11.6 Å². The molecular weight excluding hydrogens is 170 g/mol. The number of hydrogen-bond donors (Lipinski definition) is 1. The third kappa shape index (κ3) is 1.67. The maximum absolute atomic E-state index is 6.04.